The summed E-state index contributed by atoms with van der Waals surface area (Å²) in [5.74, 6) is -0.505. The van der Waals surface area contributed by atoms with Crippen molar-refractivity contribution >= 4 is 29.5 Å². The smallest absolute Gasteiger partial charge is 0.252 e. The Kier molecular flexibility index (Phi) is 6.74. The van der Waals surface area contributed by atoms with Gasteiger partial charge >= 0.3 is 0 Å². The van der Waals surface area contributed by atoms with Crippen molar-refractivity contribution < 1.29 is 14.4 Å². The van der Waals surface area contributed by atoms with E-state index in [0.29, 0.717) is 23.5 Å². The predicted octanol–water partition coefficient (Wildman–Crippen LogP) is 2.56. The lowest BCUT2D eigenvalue weighted by atomic mass is 10.2. The molecule has 1 fully saturated rings. The molecular weight excluding hydrogens is 388 g/mol. The molecule has 1 aromatic heterocycles. The zero-order chi connectivity index (χ0) is 21.0. The number of hydrogen-bond donors (Lipinski definition) is 1. The maximum atomic E-state index is 12.7. The summed E-state index contributed by atoms with van der Waals surface area (Å²) in [7, 11) is 0. The Morgan fingerprint density at radius 1 is 1.28 bits per heavy atom. The molecule has 8 heteroatoms. The maximum Gasteiger partial charge on any atom is 0.252 e. The molecule has 29 heavy (non-hydrogen) atoms. The van der Waals surface area contributed by atoms with Crippen LogP contribution in [0.5, 0.6) is 0 Å². The minimum Gasteiger partial charge on any atom is -0.352 e. The van der Waals surface area contributed by atoms with Gasteiger partial charge in [-0.3, -0.25) is 24.0 Å². The van der Waals surface area contributed by atoms with Gasteiger partial charge in [0.05, 0.1) is 16.5 Å². The van der Waals surface area contributed by atoms with Gasteiger partial charge in [0, 0.05) is 36.6 Å². The number of benzene rings is 1. The third-order valence-corrected chi connectivity index (χ3v) is 6.12. The quantitative estimate of drug-likeness (QED) is 0.530. The van der Waals surface area contributed by atoms with Gasteiger partial charge in [0.2, 0.25) is 11.8 Å². The molecule has 2 heterocycles. The van der Waals surface area contributed by atoms with E-state index in [9.17, 15) is 14.4 Å². The molecule has 3 amide bonds. The lowest BCUT2D eigenvalue weighted by Gasteiger charge is -2.14. The number of imide groups is 1. The standard InChI is InChI=1S/C21H26N4O3S/c1-4-24-19(26)13-18(21(24)28)29-17-9-6-5-8-16(17)20(27)22-10-7-11-25-15(3)12-14(2)23-25/h5-6,8-9,12,18H,4,7,10-11,13H2,1-3H3,(H,22,27)/t18-/m0/s1. The zero-order valence-corrected chi connectivity index (χ0v) is 17.8. The minimum absolute atomic E-state index is 0.152. The number of nitrogens with one attached hydrogen (secondary N) is 1. The van der Waals surface area contributed by atoms with Crippen molar-refractivity contribution in [3.05, 3.63) is 47.3 Å². The van der Waals surface area contributed by atoms with Crippen LogP contribution in [0.2, 0.25) is 0 Å². The molecule has 0 saturated carbocycles. The maximum absolute atomic E-state index is 12.7. The van der Waals surface area contributed by atoms with E-state index in [2.05, 4.69) is 10.4 Å². The highest BCUT2D eigenvalue weighted by atomic mass is 32.2. The van der Waals surface area contributed by atoms with E-state index in [4.69, 9.17) is 0 Å². The summed E-state index contributed by atoms with van der Waals surface area (Å²) in [6.07, 6.45) is 0.944. The van der Waals surface area contributed by atoms with Crippen molar-refractivity contribution in [2.45, 2.75) is 50.3 Å². The van der Waals surface area contributed by atoms with Crippen molar-refractivity contribution in [2.75, 3.05) is 13.1 Å². The van der Waals surface area contributed by atoms with Gasteiger partial charge in [-0.15, -0.1) is 11.8 Å². The third kappa shape index (κ3) is 4.87. The van der Waals surface area contributed by atoms with Gasteiger partial charge in [0.25, 0.3) is 5.91 Å². The highest BCUT2D eigenvalue weighted by molar-refractivity contribution is 8.00. The Labute approximate surface area is 174 Å². The molecule has 1 aliphatic rings. The van der Waals surface area contributed by atoms with E-state index in [1.165, 1.54) is 16.7 Å². The molecule has 1 atom stereocenters. The van der Waals surface area contributed by atoms with E-state index in [0.717, 1.165) is 24.4 Å². The number of nitrogens with zero attached hydrogens (tertiary/aromatic N) is 3. The summed E-state index contributed by atoms with van der Waals surface area (Å²) in [6, 6.07) is 9.23. The Morgan fingerprint density at radius 3 is 2.69 bits per heavy atom. The fourth-order valence-corrected chi connectivity index (χ4v) is 4.62. The number of aryl methyl sites for hydroxylation is 3. The van der Waals surface area contributed by atoms with Crippen molar-refractivity contribution in [3.63, 3.8) is 0 Å². The number of thioether (sulfide) groups is 1. The molecule has 3 rings (SSSR count). The number of carbonyl (C=O) groups is 3. The topological polar surface area (TPSA) is 84.3 Å². The highest BCUT2D eigenvalue weighted by Crippen LogP contribution is 2.33. The van der Waals surface area contributed by atoms with Crippen LogP contribution in [-0.2, 0) is 16.1 Å². The summed E-state index contributed by atoms with van der Waals surface area (Å²) in [4.78, 5) is 39.0. The van der Waals surface area contributed by atoms with Crippen LogP contribution < -0.4 is 5.32 Å². The Balaban J connectivity index is 1.58. The molecule has 0 unspecified atom stereocenters. The normalized spacial score (nSPS) is 16.5. The second-order valence-corrected chi connectivity index (χ2v) is 8.29. The van der Waals surface area contributed by atoms with Gasteiger partial charge < -0.3 is 5.32 Å². The van der Waals surface area contributed by atoms with Gasteiger partial charge in [0.15, 0.2) is 0 Å². The molecule has 0 bridgehead atoms. The molecule has 7 nitrogen and oxygen atoms in total. The highest BCUT2D eigenvalue weighted by Gasteiger charge is 2.38. The van der Waals surface area contributed by atoms with Crippen LogP contribution in [0.1, 0.15) is 41.5 Å². The summed E-state index contributed by atoms with van der Waals surface area (Å²) in [5.41, 5.74) is 2.62. The zero-order valence-electron chi connectivity index (χ0n) is 17.0. The van der Waals surface area contributed by atoms with E-state index in [-0.39, 0.29) is 24.1 Å². The number of carbonyl (C=O) groups excluding carboxylic acids is 3. The van der Waals surface area contributed by atoms with Crippen LogP contribution in [0.3, 0.4) is 0 Å². The molecular formula is C21H26N4O3S. The monoisotopic (exact) mass is 414 g/mol. The molecule has 0 aliphatic carbocycles. The van der Waals surface area contributed by atoms with Crippen molar-refractivity contribution in [1.82, 2.24) is 20.0 Å². The first-order chi connectivity index (χ1) is 13.9. The third-order valence-electron chi connectivity index (χ3n) is 4.86. The van der Waals surface area contributed by atoms with Crippen LogP contribution >= 0.6 is 11.8 Å². The first kappa shape index (κ1) is 21.1. The lowest BCUT2D eigenvalue weighted by Crippen LogP contribution is -2.31. The summed E-state index contributed by atoms with van der Waals surface area (Å²) in [5, 5.41) is 6.90. The number of amides is 3. The number of hydrogen-bond acceptors (Lipinski definition) is 5. The second kappa shape index (κ2) is 9.26. The largest absolute Gasteiger partial charge is 0.352 e. The Morgan fingerprint density at radius 2 is 2.03 bits per heavy atom. The van der Waals surface area contributed by atoms with Crippen LogP contribution in [0, 0.1) is 13.8 Å². The van der Waals surface area contributed by atoms with Gasteiger partial charge in [-0.1, -0.05) is 12.1 Å². The minimum atomic E-state index is -0.470. The summed E-state index contributed by atoms with van der Waals surface area (Å²) in [6.45, 7) is 7.41. The molecule has 1 aromatic carbocycles. The van der Waals surface area contributed by atoms with Crippen molar-refractivity contribution in [1.29, 1.82) is 0 Å². The fraction of sp³-hybridized carbons (Fsp3) is 0.429. The predicted molar refractivity (Wildman–Crippen MR) is 112 cm³/mol. The van der Waals surface area contributed by atoms with Gasteiger partial charge in [-0.2, -0.15) is 5.10 Å². The van der Waals surface area contributed by atoms with Crippen molar-refractivity contribution in [3.8, 4) is 0 Å². The first-order valence-corrected chi connectivity index (χ1v) is 10.7. The van der Waals surface area contributed by atoms with Gasteiger partial charge in [-0.25, -0.2) is 0 Å². The van der Waals surface area contributed by atoms with Crippen LogP contribution in [-0.4, -0.2) is 50.7 Å². The molecule has 1 aliphatic heterocycles. The molecule has 0 spiro atoms. The van der Waals surface area contributed by atoms with E-state index < -0.39 is 5.25 Å². The van der Waals surface area contributed by atoms with Crippen LogP contribution in [0.15, 0.2) is 35.2 Å². The first-order valence-electron chi connectivity index (χ1n) is 9.79. The lowest BCUT2D eigenvalue weighted by molar-refractivity contribution is -0.137. The summed E-state index contributed by atoms with van der Waals surface area (Å²) < 4.78 is 1.94. The van der Waals surface area contributed by atoms with Crippen LogP contribution in [0.4, 0.5) is 0 Å². The molecule has 2 aromatic rings. The second-order valence-electron chi connectivity index (χ2n) is 7.04. The average Bonchev–Trinajstić information content (AvgIpc) is 3.15. The van der Waals surface area contributed by atoms with E-state index in [1.807, 2.05) is 36.7 Å². The average molecular weight is 415 g/mol. The fourth-order valence-electron chi connectivity index (χ4n) is 3.41. The van der Waals surface area contributed by atoms with E-state index in [1.54, 1.807) is 19.1 Å². The summed E-state index contributed by atoms with van der Waals surface area (Å²) >= 11 is 1.29. The van der Waals surface area contributed by atoms with E-state index >= 15 is 0 Å². The van der Waals surface area contributed by atoms with Crippen molar-refractivity contribution in [2.24, 2.45) is 0 Å². The molecule has 0 radical (unpaired) electrons. The SMILES string of the molecule is CCN1C(=O)C[C@H](Sc2ccccc2C(=O)NCCCn2nc(C)cc2C)C1=O. The molecule has 1 N–H and O–H groups in total. The van der Waals surface area contributed by atoms with Gasteiger partial charge in [-0.05, 0) is 45.4 Å². The molecule has 154 valence electrons. The Hall–Kier alpha value is -2.61. The number of aromatic nitrogens is 2. The Bertz CT molecular complexity index is 924. The van der Waals surface area contributed by atoms with Crippen LogP contribution in [0.25, 0.3) is 0 Å². The number of likely N-dealkylation sites (tertiary alicyclic amines) is 1. The number of rotatable bonds is 8. The molecule has 1 saturated heterocycles. The van der Waals surface area contributed by atoms with Gasteiger partial charge in [0.1, 0.15) is 0 Å².